The zero-order valence-corrected chi connectivity index (χ0v) is 20.2. The molecule has 9 nitrogen and oxygen atoms in total. The summed E-state index contributed by atoms with van der Waals surface area (Å²) in [5.74, 6) is 3.72. The molecule has 1 aromatic carbocycles. The van der Waals surface area contributed by atoms with Gasteiger partial charge in [-0.2, -0.15) is 4.98 Å². The fraction of sp³-hybridized carbons (Fsp3) is 0.385. The van der Waals surface area contributed by atoms with Crippen molar-refractivity contribution in [3.05, 3.63) is 42.1 Å². The minimum absolute atomic E-state index is 0.115. The van der Waals surface area contributed by atoms with Crippen molar-refractivity contribution in [2.24, 2.45) is 5.92 Å². The standard InChI is InChI=1S/C26H29N7O2/c1-5-18-14-23(33-22(17(2)3)16-35-26(33)34)29-24-21(18)15-27-25(30-24)28-19-6-8-20(9-7-19)32-12-10-31(4)11-13-32/h1,6-9,14-15,17,22H,10-13,16H2,2-4H3,(H,27,28,29,30)/t22-/m0/s1. The quantitative estimate of drug-likeness (QED) is 0.566. The number of hydrogen-bond acceptors (Lipinski definition) is 8. The summed E-state index contributed by atoms with van der Waals surface area (Å²) in [5, 5.41) is 3.90. The topological polar surface area (TPSA) is 86.7 Å². The third kappa shape index (κ3) is 4.57. The van der Waals surface area contributed by atoms with E-state index in [9.17, 15) is 4.79 Å². The molecule has 2 aliphatic rings. The number of terminal acetylenes is 1. The summed E-state index contributed by atoms with van der Waals surface area (Å²) < 4.78 is 5.29. The summed E-state index contributed by atoms with van der Waals surface area (Å²) >= 11 is 0. The van der Waals surface area contributed by atoms with Crippen LogP contribution < -0.4 is 15.1 Å². The lowest BCUT2D eigenvalue weighted by molar-refractivity contribution is 0.177. The number of carbonyl (C=O) groups is 1. The molecule has 9 heteroatoms. The summed E-state index contributed by atoms with van der Waals surface area (Å²) in [6.45, 7) is 8.57. The third-order valence-corrected chi connectivity index (χ3v) is 6.62. The average Bonchev–Trinajstić information content (AvgIpc) is 3.26. The van der Waals surface area contributed by atoms with E-state index in [1.165, 1.54) is 5.69 Å². The second-order valence-electron chi connectivity index (χ2n) is 9.32. The Morgan fingerprint density at radius 2 is 1.89 bits per heavy atom. The van der Waals surface area contributed by atoms with Gasteiger partial charge in [-0.1, -0.05) is 19.8 Å². The first-order chi connectivity index (χ1) is 16.9. The maximum Gasteiger partial charge on any atom is 0.415 e. The van der Waals surface area contributed by atoms with Gasteiger partial charge in [-0.25, -0.2) is 14.8 Å². The van der Waals surface area contributed by atoms with Crippen molar-refractivity contribution in [2.45, 2.75) is 19.9 Å². The number of rotatable bonds is 5. The predicted octanol–water partition coefficient (Wildman–Crippen LogP) is 3.48. The summed E-state index contributed by atoms with van der Waals surface area (Å²) in [5.41, 5.74) is 3.07. The first-order valence-corrected chi connectivity index (χ1v) is 11.8. The largest absolute Gasteiger partial charge is 0.447 e. The summed E-state index contributed by atoms with van der Waals surface area (Å²) in [6, 6.07) is 9.85. The van der Waals surface area contributed by atoms with Crippen LogP contribution in [0.3, 0.4) is 0 Å². The van der Waals surface area contributed by atoms with E-state index in [1.807, 2.05) is 26.0 Å². The average molecular weight is 472 g/mol. The lowest BCUT2D eigenvalue weighted by atomic mass is 10.0. The van der Waals surface area contributed by atoms with E-state index in [4.69, 9.17) is 11.2 Å². The Labute approximate surface area is 205 Å². The van der Waals surface area contributed by atoms with Gasteiger partial charge in [0.2, 0.25) is 5.95 Å². The Balaban J connectivity index is 1.41. The van der Waals surface area contributed by atoms with Gasteiger partial charge >= 0.3 is 6.09 Å². The van der Waals surface area contributed by atoms with Gasteiger partial charge in [0, 0.05) is 49.3 Å². The normalized spacial score (nSPS) is 18.7. The van der Waals surface area contributed by atoms with Crippen LogP contribution in [-0.4, -0.2) is 71.8 Å². The molecule has 2 aliphatic heterocycles. The van der Waals surface area contributed by atoms with Crippen molar-refractivity contribution >= 4 is 40.3 Å². The number of piperazine rings is 1. The highest BCUT2D eigenvalue weighted by Crippen LogP contribution is 2.29. The lowest BCUT2D eigenvalue weighted by Gasteiger charge is -2.34. The summed E-state index contributed by atoms with van der Waals surface area (Å²) in [4.78, 5) is 32.4. The number of fused-ring (bicyclic) bond motifs is 1. The second-order valence-corrected chi connectivity index (χ2v) is 9.32. The van der Waals surface area contributed by atoms with Crippen molar-refractivity contribution in [1.29, 1.82) is 0 Å². The number of nitrogens with zero attached hydrogens (tertiary/aromatic N) is 6. The van der Waals surface area contributed by atoms with Crippen LogP contribution in [-0.2, 0) is 4.74 Å². The van der Waals surface area contributed by atoms with E-state index >= 15 is 0 Å². The van der Waals surface area contributed by atoms with Crippen molar-refractivity contribution in [3.63, 3.8) is 0 Å². The Morgan fingerprint density at radius 1 is 1.14 bits per heavy atom. The number of aromatic nitrogens is 3. The number of likely N-dealkylation sites (N-methyl/N-ethyl adjacent to an activating group) is 1. The van der Waals surface area contributed by atoms with Gasteiger partial charge in [0.15, 0.2) is 5.65 Å². The smallest absolute Gasteiger partial charge is 0.415 e. The molecule has 2 aromatic heterocycles. The van der Waals surface area contributed by atoms with Gasteiger partial charge in [-0.3, -0.25) is 4.90 Å². The molecule has 1 atom stereocenters. The molecule has 35 heavy (non-hydrogen) atoms. The number of carbonyl (C=O) groups excluding carboxylic acids is 1. The number of ether oxygens (including phenoxy) is 1. The number of pyridine rings is 1. The van der Waals surface area contributed by atoms with E-state index in [2.05, 4.69) is 55.2 Å². The van der Waals surface area contributed by atoms with Gasteiger partial charge < -0.3 is 19.9 Å². The number of cyclic esters (lactones) is 1. The first kappa shape index (κ1) is 22.9. The van der Waals surface area contributed by atoms with Crippen LogP contribution in [0.5, 0.6) is 0 Å². The van der Waals surface area contributed by atoms with Crippen LogP contribution in [0, 0.1) is 18.3 Å². The number of benzene rings is 1. The zero-order chi connectivity index (χ0) is 24.5. The molecule has 0 spiro atoms. The number of hydrogen-bond donors (Lipinski definition) is 1. The van der Waals surface area contributed by atoms with E-state index in [-0.39, 0.29) is 12.0 Å². The highest BCUT2D eigenvalue weighted by molar-refractivity contribution is 5.92. The first-order valence-electron chi connectivity index (χ1n) is 11.8. The van der Waals surface area contributed by atoms with Gasteiger partial charge in [-0.05, 0) is 43.3 Å². The van der Waals surface area contributed by atoms with Crippen molar-refractivity contribution in [3.8, 4) is 12.3 Å². The maximum absolute atomic E-state index is 12.5. The minimum atomic E-state index is -0.425. The van der Waals surface area contributed by atoms with E-state index < -0.39 is 6.09 Å². The maximum atomic E-state index is 12.5. The molecule has 180 valence electrons. The molecule has 0 bridgehead atoms. The van der Waals surface area contributed by atoms with Crippen LogP contribution in [0.25, 0.3) is 11.0 Å². The van der Waals surface area contributed by atoms with Crippen LogP contribution in [0.2, 0.25) is 0 Å². The van der Waals surface area contributed by atoms with Gasteiger partial charge in [0.1, 0.15) is 12.4 Å². The Kier molecular flexibility index (Phi) is 6.14. The molecule has 1 amide bonds. The van der Waals surface area contributed by atoms with Crippen LogP contribution in [0.1, 0.15) is 19.4 Å². The van der Waals surface area contributed by atoms with Gasteiger partial charge in [-0.15, -0.1) is 6.42 Å². The number of amides is 1. The fourth-order valence-corrected chi connectivity index (χ4v) is 4.44. The molecule has 0 unspecified atom stereocenters. The molecule has 4 heterocycles. The minimum Gasteiger partial charge on any atom is -0.447 e. The zero-order valence-electron chi connectivity index (χ0n) is 20.2. The molecule has 3 aromatic rings. The molecular weight excluding hydrogens is 442 g/mol. The molecular formula is C26H29N7O2. The monoisotopic (exact) mass is 471 g/mol. The van der Waals surface area contributed by atoms with Gasteiger partial charge in [0.25, 0.3) is 0 Å². The number of nitrogens with one attached hydrogen (secondary N) is 1. The highest BCUT2D eigenvalue weighted by Gasteiger charge is 2.37. The van der Waals surface area contributed by atoms with E-state index in [0.29, 0.717) is 35.0 Å². The Bertz CT molecular complexity index is 1280. The lowest BCUT2D eigenvalue weighted by Crippen LogP contribution is -2.44. The van der Waals surface area contributed by atoms with Gasteiger partial charge in [0.05, 0.1) is 11.4 Å². The second kappa shape index (κ2) is 9.39. The fourth-order valence-electron chi connectivity index (χ4n) is 4.44. The molecule has 0 aliphatic carbocycles. The van der Waals surface area contributed by atoms with Crippen LogP contribution in [0.4, 0.5) is 27.9 Å². The van der Waals surface area contributed by atoms with Crippen molar-refractivity contribution in [1.82, 2.24) is 19.9 Å². The molecule has 5 rings (SSSR count). The summed E-state index contributed by atoms with van der Waals surface area (Å²) in [6.07, 6.45) is 7.01. The number of anilines is 4. The molecule has 2 saturated heterocycles. The van der Waals surface area contributed by atoms with Crippen LogP contribution in [0.15, 0.2) is 36.5 Å². The van der Waals surface area contributed by atoms with E-state index in [1.54, 1.807) is 17.2 Å². The van der Waals surface area contributed by atoms with Crippen LogP contribution >= 0.6 is 0 Å². The summed E-state index contributed by atoms with van der Waals surface area (Å²) in [7, 11) is 2.15. The SMILES string of the molecule is C#Cc1cc(N2C(=O)OC[C@H]2C(C)C)nc2nc(Nc3ccc(N4CCN(C)CC4)cc3)ncc12. The van der Waals surface area contributed by atoms with E-state index in [0.717, 1.165) is 31.9 Å². The Morgan fingerprint density at radius 3 is 2.57 bits per heavy atom. The molecule has 1 N–H and O–H groups in total. The highest BCUT2D eigenvalue weighted by atomic mass is 16.6. The van der Waals surface area contributed by atoms with Crippen molar-refractivity contribution in [2.75, 3.05) is 55.0 Å². The van der Waals surface area contributed by atoms with Crippen molar-refractivity contribution < 1.29 is 9.53 Å². The predicted molar refractivity (Wildman–Crippen MR) is 137 cm³/mol. The Hall–Kier alpha value is -3.90. The third-order valence-electron chi connectivity index (χ3n) is 6.62. The molecule has 0 radical (unpaired) electrons. The molecule has 0 saturated carbocycles. The molecule has 2 fully saturated rings.